The summed E-state index contributed by atoms with van der Waals surface area (Å²) < 4.78 is 23.8. The maximum atomic E-state index is 12.8. The number of amides is 1. The molecule has 1 heterocycles. The summed E-state index contributed by atoms with van der Waals surface area (Å²) in [6.45, 7) is 5.88. The van der Waals surface area contributed by atoms with E-state index in [1.54, 1.807) is 56.3 Å². The highest BCUT2D eigenvalue weighted by atomic mass is 127. The number of carbonyl (C=O) groups excluding carboxylic acids is 2. The molecule has 46 heavy (non-hydrogen) atoms. The smallest absolute Gasteiger partial charge is 0.338 e. The number of allylic oxidation sites excluding steroid dienone is 1. The number of nitrogens with zero attached hydrogens (tertiary/aromatic N) is 1. The number of esters is 1. The zero-order valence-corrected chi connectivity index (χ0v) is 29.6. The first-order valence-corrected chi connectivity index (χ1v) is 16.4. The van der Waals surface area contributed by atoms with Gasteiger partial charge >= 0.3 is 5.97 Å². The second-order valence-electron chi connectivity index (χ2n) is 9.70. The number of hydrogen-bond acceptors (Lipinski definition) is 8. The predicted molar refractivity (Wildman–Crippen MR) is 190 cm³/mol. The molecule has 3 aromatic carbocycles. The Balaban J connectivity index is 1.41. The van der Waals surface area contributed by atoms with Gasteiger partial charge in [-0.25, -0.2) is 10.2 Å². The fraction of sp³-hybridized carbons (Fsp3) is 0.250. The molecule has 0 saturated carbocycles. The molecule has 0 aliphatic carbocycles. The molecular formula is C32H31Cl2IN4O6S. The van der Waals surface area contributed by atoms with Crippen LogP contribution in [0.25, 0.3) is 0 Å². The van der Waals surface area contributed by atoms with E-state index >= 15 is 0 Å². The summed E-state index contributed by atoms with van der Waals surface area (Å²) in [7, 11) is 0. The largest absolute Gasteiger partial charge is 0.490 e. The Morgan fingerprint density at radius 3 is 2.57 bits per heavy atom. The quantitative estimate of drug-likeness (QED) is 0.0589. The highest BCUT2D eigenvalue weighted by Gasteiger charge is 2.32. The Kier molecular flexibility index (Phi) is 12.9. The van der Waals surface area contributed by atoms with Gasteiger partial charge in [-0.1, -0.05) is 47.5 Å². The average molecular weight is 797 g/mol. The second kappa shape index (κ2) is 16.8. The van der Waals surface area contributed by atoms with Crippen molar-refractivity contribution in [2.45, 2.75) is 33.4 Å². The molecule has 0 radical (unpaired) electrons. The monoisotopic (exact) mass is 796 g/mol. The zero-order chi connectivity index (χ0) is 33.2. The van der Waals surface area contributed by atoms with Crippen molar-refractivity contribution in [3.05, 3.63) is 96.2 Å². The summed E-state index contributed by atoms with van der Waals surface area (Å²) >= 11 is 19.8. The van der Waals surface area contributed by atoms with Crippen molar-refractivity contribution in [3.63, 3.8) is 0 Å². The second-order valence-corrected chi connectivity index (χ2v) is 12.1. The molecule has 1 atom stereocenters. The van der Waals surface area contributed by atoms with E-state index in [2.05, 4.69) is 43.8 Å². The van der Waals surface area contributed by atoms with Gasteiger partial charge in [0.1, 0.15) is 12.4 Å². The van der Waals surface area contributed by atoms with Crippen LogP contribution in [0.3, 0.4) is 0 Å². The van der Waals surface area contributed by atoms with E-state index in [9.17, 15) is 9.59 Å². The van der Waals surface area contributed by atoms with E-state index in [-0.39, 0.29) is 19.8 Å². The third kappa shape index (κ3) is 9.24. The van der Waals surface area contributed by atoms with Crippen molar-refractivity contribution in [1.82, 2.24) is 16.1 Å². The van der Waals surface area contributed by atoms with Gasteiger partial charge in [-0.15, -0.1) is 0 Å². The number of thiocarbonyl (C=S) groups is 1. The summed E-state index contributed by atoms with van der Waals surface area (Å²) in [5.74, 6) is 0.496. The maximum absolute atomic E-state index is 12.8. The van der Waals surface area contributed by atoms with Gasteiger partial charge in [-0.3, -0.25) is 4.79 Å². The fourth-order valence-corrected chi connectivity index (χ4v) is 5.98. The Morgan fingerprint density at radius 2 is 1.83 bits per heavy atom. The third-order valence-electron chi connectivity index (χ3n) is 6.47. The van der Waals surface area contributed by atoms with E-state index < -0.39 is 17.9 Å². The van der Waals surface area contributed by atoms with Gasteiger partial charge in [-0.05, 0) is 91.5 Å². The first-order chi connectivity index (χ1) is 22.1. The molecule has 10 nitrogen and oxygen atoms in total. The Hall–Kier alpha value is -3.59. The van der Waals surface area contributed by atoms with Crippen molar-refractivity contribution in [1.29, 1.82) is 0 Å². The van der Waals surface area contributed by atoms with Crippen LogP contribution >= 0.6 is 58.0 Å². The number of para-hydroxylation sites is 1. The van der Waals surface area contributed by atoms with Gasteiger partial charge < -0.3 is 29.6 Å². The van der Waals surface area contributed by atoms with Crippen molar-refractivity contribution in [2.75, 3.05) is 19.8 Å². The molecule has 0 saturated heterocycles. The minimum atomic E-state index is -0.637. The summed E-state index contributed by atoms with van der Waals surface area (Å²) in [5.41, 5.74) is 5.49. The molecule has 1 amide bonds. The van der Waals surface area contributed by atoms with Crippen LogP contribution in [-0.4, -0.2) is 43.0 Å². The number of hydrazone groups is 1. The number of rotatable bonds is 13. The van der Waals surface area contributed by atoms with E-state index in [0.717, 1.165) is 9.13 Å². The zero-order valence-electron chi connectivity index (χ0n) is 25.1. The van der Waals surface area contributed by atoms with Gasteiger partial charge in [-0.2, -0.15) is 5.10 Å². The maximum Gasteiger partial charge on any atom is 0.338 e. The van der Waals surface area contributed by atoms with Crippen LogP contribution < -0.4 is 30.3 Å². The molecule has 0 unspecified atom stereocenters. The van der Waals surface area contributed by atoms with Crippen molar-refractivity contribution in [2.24, 2.45) is 5.10 Å². The van der Waals surface area contributed by atoms with E-state index in [1.165, 1.54) is 6.21 Å². The van der Waals surface area contributed by atoms with Crippen LogP contribution in [0.1, 0.15) is 43.5 Å². The summed E-state index contributed by atoms with van der Waals surface area (Å²) in [5, 5.41) is 11.6. The van der Waals surface area contributed by atoms with Crippen molar-refractivity contribution < 1.29 is 28.5 Å². The summed E-state index contributed by atoms with van der Waals surface area (Å²) in [4.78, 5) is 25.4. The fourth-order valence-electron chi connectivity index (χ4n) is 4.47. The normalized spacial score (nSPS) is 14.4. The Morgan fingerprint density at radius 1 is 1.04 bits per heavy atom. The highest BCUT2D eigenvalue weighted by molar-refractivity contribution is 14.1. The molecule has 1 aliphatic heterocycles. The number of carbonyl (C=O) groups is 2. The van der Waals surface area contributed by atoms with Gasteiger partial charge in [0.2, 0.25) is 0 Å². The van der Waals surface area contributed by atoms with Gasteiger partial charge in [0.05, 0.1) is 34.6 Å². The number of halogens is 3. The molecule has 0 aromatic heterocycles. The Labute approximate surface area is 295 Å². The standard InChI is InChI=1S/C32H31Cl2IN4O6S/c1-4-42-26-13-19(12-24(35)30(26)45-16-20-10-11-21(33)14-23(20)34)15-36-39-27(40)17-44-25-9-7-6-8-22(25)29-28(31(41)43-5-2)18(3)37-32(46)38-29/h6-15,29H,4-5,16-17H2,1-3H3,(H,39,40)(H2,37,38,46)/t29-/m0/s1. The molecule has 3 N–H and O–H groups in total. The van der Waals surface area contributed by atoms with Gasteiger partial charge in [0, 0.05) is 26.9 Å². The first kappa shape index (κ1) is 35.3. The van der Waals surface area contributed by atoms with Crippen LogP contribution in [0.4, 0.5) is 0 Å². The molecule has 1 aliphatic rings. The molecular weight excluding hydrogens is 766 g/mol. The number of hydrogen-bond donors (Lipinski definition) is 3. The molecule has 3 aromatic rings. The third-order valence-corrected chi connectivity index (χ3v) is 8.08. The predicted octanol–water partition coefficient (Wildman–Crippen LogP) is 6.46. The lowest BCUT2D eigenvalue weighted by atomic mass is 9.95. The molecule has 242 valence electrons. The molecule has 4 rings (SSSR count). The lowest BCUT2D eigenvalue weighted by Gasteiger charge is -2.30. The lowest BCUT2D eigenvalue weighted by molar-refractivity contribution is -0.139. The topological polar surface area (TPSA) is 120 Å². The van der Waals surface area contributed by atoms with Crippen molar-refractivity contribution >= 4 is 81.2 Å². The van der Waals surface area contributed by atoms with E-state index in [4.69, 9.17) is 54.4 Å². The van der Waals surface area contributed by atoms with Crippen LogP contribution in [-0.2, 0) is 20.9 Å². The SMILES string of the molecule is CCOC(=O)C1=C(C)NC(=S)N[C@H]1c1ccccc1OCC(=O)NN=Cc1cc(I)c(OCc2ccc(Cl)cc2Cl)c(OCC)c1. The summed E-state index contributed by atoms with van der Waals surface area (Å²) in [6.07, 6.45) is 1.50. The Bertz CT molecular complexity index is 1690. The minimum absolute atomic E-state index is 0.218. The molecule has 14 heteroatoms. The number of nitrogens with one attached hydrogen (secondary N) is 3. The first-order valence-electron chi connectivity index (χ1n) is 14.1. The van der Waals surface area contributed by atoms with Gasteiger partial charge in [0.15, 0.2) is 23.2 Å². The number of benzene rings is 3. The average Bonchev–Trinajstić information content (AvgIpc) is 3.00. The van der Waals surface area contributed by atoms with Crippen molar-refractivity contribution in [3.8, 4) is 17.2 Å². The molecule has 0 spiro atoms. The molecule has 0 bridgehead atoms. The minimum Gasteiger partial charge on any atom is -0.490 e. The van der Waals surface area contributed by atoms with Crippen LogP contribution in [0.15, 0.2) is 71.0 Å². The number of ether oxygens (including phenoxy) is 4. The van der Waals surface area contributed by atoms with E-state index in [0.29, 0.717) is 61.4 Å². The van der Waals surface area contributed by atoms with Crippen LogP contribution in [0, 0.1) is 3.57 Å². The highest BCUT2D eigenvalue weighted by Crippen LogP contribution is 2.36. The van der Waals surface area contributed by atoms with Crippen LogP contribution in [0.5, 0.6) is 17.2 Å². The summed E-state index contributed by atoms with van der Waals surface area (Å²) in [6, 6.07) is 15.3. The van der Waals surface area contributed by atoms with Gasteiger partial charge in [0.25, 0.3) is 5.91 Å². The molecule has 0 fully saturated rings. The van der Waals surface area contributed by atoms with Crippen LogP contribution in [0.2, 0.25) is 10.0 Å². The van der Waals surface area contributed by atoms with E-state index in [1.807, 2.05) is 19.1 Å². The lowest BCUT2D eigenvalue weighted by Crippen LogP contribution is -2.45.